The third-order valence-electron chi connectivity index (χ3n) is 7.49. The standard InChI is InChI=1S/C33H33F3N4O2/c1-20-12-24-15-22(23-8-10-29(37-16-23)25-17-38-39(4)18-25)7-9-26(24)32(40(20)19-33(2,3)36)31-27(34)13-21(14-28(31)35)6-11-30(41)42-5/h6-11,13-18,20,32H,12,19H2,1-5H3/b11-6+/t20-,32+/m0/s1. The van der Waals surface area contributed by atoms with E-state index in [0.29, 0.717) is 6.42 Å². The maximum atomic E-state index is 15.7. The predicted octanol–water partition coefficient (Wildman–Crippen LogP) is 6.70. The Morgan fingerprint density at radius 3 is 2.38 bits per heavy atom. The highest BCUT2D eigenvalue weighted by Gasteiger charge is 2.39. The van der Waals surface area contributed by atoms with Crippen molar-refractivity contribution in [1.82, 2.24) is 19.7 Å². The maximum Gasteiger partial charge on any atom is 0.330 e. The van der Waals surface area contributed by atoms with Crippen LogP contribution in [0, 0.1) is 11.6 Å². The van der Waals surface area contributed by atoms with Crippen LogP contribution in [0.4, 0.5) is 13.2 Å². The number of methoxy groups -OCH3 is 1. The van der Waals surface area contributed by atoms with Crippen LogP contribution in [-0.2, 0) is 23.0 Å². The average molecular weight is 575 g/mol. The number of aromatic nitrogens is 3. The Kier molecular flexibility index (Phi) is 8.06. The summed E-state index contributed by atoms with van der Waals surface area (Å²) < 4.78 is 52.8. The average Bonchev–Trinajstić information content (AvgIpc) is 3.38. The number of aryl methyl sites for hydroxylation is 1. The number of rotatable bonds is 7. The molecule has 0 unspecified atom stereocenters. The van der Waals surface area contributed by atoms with Crippen molar-refractivity contribution in [3.63, 3.8) is 0 Å². The molecule has 0 aliphatic carbocycles. The van der Waals surface area contributed by atoms with Gasteiger partial charge in [0.05, 0.1) is 25.0 Å². The summed E-state index contributed by atoms with van der Waals surface area (Å²) in [5.41, 5.74) is 3.63. The molecule has 218 valence electrons. The van der Waals surface area contributed by atoms with E-state index in [1.165, 1.54) is 39.2 Å². The van der Waals surface area contributed by atoms with Gasteiger partial charge in [-0.05, 0) is 73.7 Å². The Bertz CT molecular complexity index is 1620. The lowest BCUT2D eigenvalue weighted by molar-refractivity contribution is -0.134. The molecule has 6 nitrogen and oxygen atoms in total. The number of fused-ring (bicyclic) bond motifs is 1. The summed E-state index contributed by atoms with van der Waals surface area (Å²) in [5, 5.41) is 4.20. The number of ether oxygens (including phenoxy) is 1. The van der Waals surface area contributed by atoms with Crippen LogP contribution in [0.3, 0.4) is 0 Å². The van der Waals surface area contributed by atoms with Crippen molar-refractivity contribution in [2.75, 3.05) is 13.7 Å². The molecule has 0 amide bonds. The largest absolute Gasteiger partial charge is 0.466 e. The quantitative estimate of drug-likeness (QED) is 0.182. The van der Waals surface area contributed by atoms with E-state index in [1.54, 1.807) is 17.1 Å². The first kappa shape index (κ1) is 29.3. The van der Waals surface area contributed by atoms with E-state index in [9.17, 15) is 4.79 Å². The smallest absolute Gasteiger partial charge is 0.330 e. The lowest BCUT2D eigenvalue weighted by Gasteiger charge is -2.44. The topological polar surface area (TPSA) is 60.2 Å². The van der Waals surface area contributed by atoms with Gasteiger partial charge in [-0.15, -0.1) is 0 Å². The molecule has 3 heterocycles. The molecule has 5 rings (SSSR count). The molecule has 42 heavy (non-hydrogen) atoms. The minimum Gasteiger partial charge on any atom is -0.466 e. The second-order valence-corrected chi connectivity index (χ2v) is 11.3. The fourth-order valence-corrected chi connectivity index (χ4v) is 5.58. The summed E-state index contributed by atoms with van der Waals surface area (Å²) >= 11 is 0. The van der Waals surface area contributed by atoms with Gasteiger partial charge in [0.25, 0.3) is 0 Å². The highest BCUT2D eigenvalue weighted by atomic mass is 19.1. The third kappa shape index (κ3) is 6.16. The van der Waals surface area contributed by atoms with Crippen LogP contribution in [0.5, 0.6) is 0 Å². The highest BCUT2D eigenvalue weighted by molar-refractivity contribution is 5.86. The minimum atomic E-state index is -1.60. The van der Waals surface area contributed by atoms with E-state index in [4.69, 9.17) is 0 Å². The lowest BCUT2D eigenvalue weighted by Crippen LogP contribution is -2.48. The van der Waals surface area contributed by atoms with Crippen molar-refractivity contribution >= 4 is 12.0 Å². The van der Waals surface area contributed by atoms with Crippen molar-refractivity contribution in [1.29, 1.82) is 0 Å². The first-order valence-electron chi connectivity index (χ1n) is 13.7. The second-order valence-electron chi connectivity index (χ2n) is 11.3. The first-order valence-corrected chi connectivity index (χ1v) is 13.7. The van der Waals surface area contributed by atoms with E-state index < -0.39 is 29.3 Å². The minimum absolute atomic E-state index is 0.0113. The number of pyridine rings is 1. The second kappa shape index (κ2) is 11.6. The Balaban J connectivity index is 1.55. The van der Waals surface area contributed by atoms with Gasteiger partial charge >= 0.3 is 5.97 Å². The predicted molar refractivity (Wildman–Crippen MR) is 156 cm³/mol. The van der Waals surface area contributed by atoms with Gasteiger partial charge in [0, 0.05) is 54.8 Å². The van der Waals surface area contributed by atoms with Gasteiger partial charge in [0.1, 0.15) is 17.3 Å². The van der Waals surface area contributed by atoms with Gasteiger partial charge in [-0.1, -0.05) is 24.3 Å². The van der Waals surface area contributed by atoms with E-state index in [1.807, 2.05) is 55.4 Å². The number of nitrogens with zero attached hydrogens (tertiary/aromatic N) is 4. The number of alkyl halides is 1. The van der Waals surface area contributed by atoms with Gasteiger partial charge in [-0.3, -0.25) is 14.6 Å². The zero-order chi connectivity index (χ0) is 30.2. The van der Waals surface area contributed by atoms with Gasteiger partial charge in [-0.25, -0.2) is 18.0 Å². The van der Waals surface area contributed by atoms with Crippen LogP contribution in [0.1, 0.15) is 49.1 Å². The van der Waals surface area contributed by atoms with Gasteiger partial charge in [-0.2, -0.15) is 5.10 Å². The molecule has 0 N–H and O–H groups in total. The van der Waals surface area contributed by atoms with Gasteiger partial charge in [0.2, 0.25) is 0 Å². The molecule has 1 aliphatic heterocycles. The molecule has 0 saturated carbocycles. The molecular formula is C33H33F3N4O2. The van der Waals surface area contributed by atoms with Crippen LogP contribution in [0.25, 0.3) is 28.5 Å². The lowest BCUT2D eigenvalue weighted by atomic mass is 9.82. The molecule has 0 bridgehead atoms. The summed E-state index contributed by atoms with van der Waals surface area (Å²) in [6, 6.07) is 11.0. The summed E-state index contributed by atoms with van der Waals surface area (Å²) in [7, 11) is 3.07. The Morgan fingerprint density at radius 2 is 1.79 bits per heavy atom. The summed E-state index contributed by atoms with van der Waals surface area (Å²) in [5.74, 6) is -2.18. The van der Waals surface area contributed by atoms with E-state index in [0.717, 1.165) is 39.6 Å². The Morgan fingerprint density at radius 1 is 1.07 bits per heavy atom. The summed E-state index contributed by atoms with van der Waals surface area (Å²) in [6.45, 7) is 4.86. The van der Waals surface area contributed by atoms with E-state index in [2.05, 4.69) is 14.8 Å². The molecule has 2 atom stereocenters. The molecule has 0 fully saturated rings. The van der Waals surface area contributed by atoms with Gasteiger partial charge in [0.15, 0.2) is 0 Å². The molecular weight excluding hydrogens is 541 g/mol. The fourth-order valence-electron chi connectivity index (χ4n) is 5.58. The number of esters is 1. The molecule has 2 aromatic heterocycles. The number of benzene rings is 2. The Hall–Kier alpha value is -4.24. The van der Waals surface area contributed by atoms with Crippen molar-refractivity contribution in [2.24, 2.45) is 7.05 Å². The molecule has 0 radical (unpaired) electrons. The molecule has 4 aromatic rings. The number of hydrogen-bond acceptors (Lipinski definition) is 5. The third-order valence-corrected chi connectivity index (χ3v) is 7.49. The Labute approximate surface area is 243 Å². The van der Waals surface area contributed by atoms with Crippen molar-refractivity contribution < 1.29 is 22.7 Å². The van der Waals surface area contributed by atoms with Crippen molar-refractivity contribution in [3.05, 3.63) is 101 Å². The highest BCUT2D eigenvalue weighted by Crippen LogP contribution is 2.42. The summed E-state index contributed by atoms with van der Waals surface area (Å²) in [4.78, 5) is 17.9. The zero-order valence-electron chi connectivity index (χ0n) is 24.2. The molecule has 2 aromatic carbocycles. The molecule has 0 saturated heterocycles. The number of halogens is 3. The molecule has 1 aliphatic rings. The molecule has 9 heteroatoms. The van der Waals surface area contributed by atoms with Crippen LogP contribution in [-0.4, -0.2) is 51.0 Å². The van der Waals surface area contributed by atoms with Crippen LogP contribution >= 0.6 is 0 Å². The number of carbonyl (C=O) groups excluding carboxylic acids is 1. The van der Waals surface area contributed by atoms with Crippen LogP contribution < -0.4 is 0 Å². The van der Waals surface area contributed by atoms with Crippen LogP contribution in [0.15, 0.2) is 67.1 Å². The van der Waals surface area contributed by atoms with Gasteiger partial charge < -0.3 is 4.74 Å². The monoisotopic (exact) mass is 574 g/mol. The fraction of sp³-hybridized carbons (Fsp3) is 0.303. The van der Waals surface area contributed by atoms with Crippen molar-refractivity contribution in [3.8, 4) is 22.4 Å². The summed E-state index contributed by atoms with van der Waals surface area (Å²) in [6.07, 6.45) is 8.43. The van der Waals surface area contributed by atoms with E-state index >= 15 is 13.2 Å². The molecule has 0 spiro atoms. The zero-order valence-corrected chi connectivity index (χ0v) is 24.2. The maximum absolute atomic E-state index is 15.7. The van der Waals surface area contributed by atoms with Crippen LogP contribution in [0.2, 0.25) is 0 Å². The van der Waals surface area contributed by atoms with E-state index in [-0.39, 0.29) is 23.7 Å². The number of carbonyl (C=O) groups is 1. The normalized spacial score (nSPS) is 17.4. The van der Waals surface area contributed by atoms with Crippen molar-refractivity contribution in [2.45, 2.75) is 44.9 Å². The first-order chi connectivity index (χ1) is 19.9. The SMILES string of the molecule is COC(=O)/C=C/c1cc(F)c([C@H]2c3ccc(-c4ccc(-c5cnn(C)c5)nc4)cc3C[C@H](C)N2CC(C)(C)F)c(F)c1. The number of hydrogen-bond donors (Lipinski definition) is 0.